The molecule has 0 aromatic heterocycles. The Labute approximate surface area is 422 Å². The van der Waals surface area contributed by atoms with Gasteiger partial charge in [0.25, 0.3) is 12.2 Å². The smallest absolute Gasteiger partial charge is 0.434 e. The molecule has 27 heteroatoms. The lowest BCUT2D eigenvalue weighted by Gasteiger charge is -2.37. The molecule has 4 aromatic carbocycles. The van der Waals surface area contributed by atoms with Gasteiger partial charge in [-0.25, -0.2) is 9.59 Å². The number of hydrogen-bond donors (Lipinski definition) is 1. The van der Waals surface area contributed by atoms with Crippen LogP contribution in [0.1, 0.15) is 59.8 Å². The summed E-state index contributed by atoms with van der Waals surface area (Å²) >= 11 is 4.22. The van der Waals surface area contributed by atoms with Crippen LogP contribution in [0.15, 0.2) is 72.8 Å². The van der Waals surface area contributed by atoms with Crippen LogP contribution in [0.4, 0.5) is 62.3 Å². The van der Waals surface area contributed by atoms with E-state index in [1.807, 2.05) is 36.4 Å². The number of benzene rings is 4. The number of alkyl halides is 12. The highest BCUT2D eigenvalue weighted by molar-refractivity contribution is 6.61. The van der Waals surface area contributed by atoms with Crippen LogP contribution in [0.3, 0.4) is 0 Å². The number of carbonyl (C=O) groups is 2. The number of rotatable bonds is 8. The van der Waals surface area contributed by atoms with Gasteiger partial charge in [-0.1, -0.05) is 24.3 Å². The van der Waals surface area contributed by atoms with E-state index in [0.717, 1.165) is 65.0 Å². The first-order valence-corrected chi connectivity index (χ1v) is 23.2. The molecule has 0 unspecified atom stereocenters. The Balaban J connectivity index is 0.000000169. The molecule has 2 saturated heterocycles. The zero-order valence-electron chi connectivity index (χ0n) is 38.6. The van der Waals surface area contributed by atoms with Gasteiger partial charge < -0.3 is 57.6 Å². The zero-order valence-corrected chi connectivity index (χ0v) is 39.4. The van der Waals surface area contributed by atoms with Crippen molar-refractivity contribution in [3.05, 3.63) is 95.1 Å². The molecule has 0 spiro atoms. The second kappa shape index (κ2) is 22.3. The number of halogens is 13. The molecule has 1 amide bonds. The number of amides is 1. The molecule has 1 N–H and O–H groups in total. The van der Waals surface area contributed by atoms with Crippen LogP contribution in [0.5, 0.6) is 46.0 Å². The Morgan fingerprint density at radius 1 is 0.467 bits per heavy atom. The van der Waals surface area contributed by atoms with Crippen molar-refractivity contribution in [3.8, 4) is 46.0 Å². The molecule has 14 nitrogen and oxygen atoms in total. The van der Waals surface area contributed by atoms with Crippen molar-refractivity contribution in [2.75, 3.05) is 53.4 Å². The van der Waals surface area contributed by atoms with Gasteiger partial charge in [0.15, 0.2) is 46.0 Å². The fourth-order valence-electron chi connectivity index (χ4n) is 9.40. The van der Waals surface area contributed by atoms with Crippen LogP contribution >= 0.6 is 11.6 Å². The third-order valence-corrected chi connectivity index (χ3v) is 12.9. The third-order valence-electron chi connectivity index (χ3n) is 12.8. The summed E-state index contributed by atoms with van der Waals surface area (Å²) in [5.74, 6) is 6.22. The first-order chi connectivity index (χ1) is 35.4. The largest absolute Gasteiger partial charge is 0.454 e. The minimum atomic E-state index is -5.77. The predicted molar refractivity (Wildman–Crippen MR) is 234 cm³/mol. The molecule has 0 aliphatic carbocycles. The molecule has 2 fully saturated rings. The summed E-state index contributed by atoms with van der Waals surface area (Å²) in [6.45, 7) is 2.78. The molecule has 6 aliphatic rings. The summed E-state index contributed by atoms with van der Waals surface area (Å²) < 4.78 is 197. The molecule has 0 bridgehead atoms. The maximum absolute atomic E-state index is 12.8. The van der Waals surface area contributed by atoms with E-state index in [0.29, 0.717) is 61.3 Å². The van der Waals surface area contributed by atoms with Crippen molar-refractivity contribution < 1.29 is 110 Å². The first kappa shape index (κ1) is 54.7. The van der Waals surface area contributed by atoms with Crippen LogP contribution in [0, 0.1) is 11.8 Å². The Morgan fingerprint density at radius 2 is 0.760 bits per heavy atom. The van der Waals surface area contributed by atoms with E-state index in [9.17, 15) is 62.3 Å². The summed E-state index contributed by atoms with van der Waals surface area (Å²) in [6, 6.07) is 23.7. The van der Waals surface area contributed by atoms with Gasteiger partial charge in [0, 0.05) is 36.5 Å². The molecular weight excluding hydrogens is 1060 g/mol. The summed E-state index contributed by atoms with van der Waals surface area (Å²) in [5.41, 5.74) is 2.13. The van der Waals surface area contributed by atoms with E-state index < -0.39 is 48.4 Å². The monoisotopic (exact) mass is 1100 g/mol. The Hall–Kier alpha value is -6.57. The number of nitrogens with one attached hydrogen (secondary N) is 1. The molecule has 75 heavy (non-hydrogen) atoms. The average Bonchev–Trinajstić information content (AvgIpc) is 4.20. The van der Waals surface area contributed by atoms with E-state index >= 15 is 0 Å². The molecule has 6 heterocycles. The lowest BCUT2D eigenvalue weighted by Crippen LogP contribution is -2.49. The molecule has 0 radical (unpaired) electrons. The van der Waals surface area contributed by atoms with Gasteiger partial charge in [-0.3, -0.25) is 0 Å². The van der Waals surface area contributed by atoms with E-state index in [1.165, 1.54) is 11.1 Å². The maximum Gasteiger partial charge on any atom is 0.434 e. The highest BCUT2D eigenvalue weighted by Gasteiger charge is 2.61. The van der Waals surface area contributed by atoms with Crippen LogP contribution in [0.25, 0.3) is 0 Å². The molecular formula is C48H43ClF12N2O12. The lowest BCUT2D eigenvalue weighted by atomic mass is 9.76. The van der Waals surface area contributed by atoms with E-state index in [1.54, 1.807) is 12.1 Å². The van der Waals surface area contributed by atoms with Crippen molar-refractivity contribution >= 4 is 23.1 Å². The molecule has 408 valence electrons. The van der Waals surface area contributed by atoms with Gasteiger partial charge in [-0.2, -0.15) is 52.7 Å². The standard InChI is InChI=1S/C24H21F6NO6.C20H21NO4.C4HClF6O2/c25-23(26,27)21(24(28,29)30)37-22(32)31-7-5-13(6-8-31)20(14-1-3-16-18(9-14)35-11-33-16)15-2-4-17-19(10-15)36-12-34-17;1-3-16-18(24-11-22-16)9-14(1)20(13-5-7-21-8-6-13)15-2-4-17-19(10-15)25-12-23-17;5-2(12)13-1(3(6,7)8)4(9,10)11/h1-4,9-10,13,20-21H,5-8,11-12H2;1-4,9-10,13,20-21H,5-8,11-12H2;1H. The van der Waals surface area contributed by atoms with Crippen molar-refractivity contribution in [1.82, 2.24) is 10.2 Å². The minimum absolute atomic E-state index is 0.0719. The third kappa shape index (κ3) is 13.3. The van der Waals surface area contributed by atoms with Gasteiger partial charge in [0.2, 0.25) is 27.2 Å². The van der Waals surface area contributed by atoms with E-state index in [4.69, 9.17) is 37.9 Å². The number of carbonyl (C=O) groups excluding carboxylic acids is 2. The summed E-state index contributed by atoms with van der Waals surface area (Å²) in [4.78, 5) is 22.8. The molecule has 6 aliphatic heterocycles. The number of hydrogen-bond acceptors (Lipinski definition) is 13. The highest BCUT2D eigenvalue weighted by atomic mass is 35.5. The summed E-state index contributed by atoms with van der Waals surface area (Å²) in [7, 11) is 0. The van der Waals surface area contributed by atoms with Crippen molar-refractivity contribution in [2.24, 2.45) is 11.8 Å². The first-order valence-electron chi connectivity index (χ1n) is 22.8. The van der Waals surface area contributed by atoms with Crippen LogP contribution in [-0.4, -0.2) is 107 Å². The van der Waals surface area contributed by atoms with Gasteiger partial charge in [-0.15, -0.1) is 0 Å². The normalized spacial score (nSPS) is 17.2. The maximum atomic E-state index is 12.8. The van der Waals surface area contributed by atoms with Gasteiger partial charge in [0.05, 0.1) is 0 Å². The fraction of sp³-hybridized carbons (Fsp3) is 0.458. The summed E-state index contributed by atoms with van der Waals surface area (Å²) in [6.07, 6.45) is -30.0. The van der Waals surface area contributed by atoms with E-state index in [-0.39, 0.29) is 38.5 Å². The van der Waals surface area contributed by atoms with Crippen LogP contribution < -0.4 is 43.2 Å². The minimum Gasteiger partial charge on any atom is -0.454 e. The number of piperidine rings is 2. The second-order valence-corrected chi connectivity index (χ2v) is 17.8. The Bertz CT molecular complexity index is 2520. The van der Waals surface area contributed by atoms with Crippen LogP contribution in [0.2, 0.25) is 0 Å². The Kier molecular flexibility index (Phi) is 16.3. The van der Waals surface area contributed by atoms with E-state index in [2.05, 4.69) is 50.7 Å². The van der Waals surface area contributed by atoms with Gasteiger partial charge in [0.1, 0.15) is 0 Å². The molecule has 0 atom stereocenters. The molecule has 0 saturated carbocycles. The predicted octanol–water partition coefficient (Wildman–Crippen LogP) is 11.7. The summed E-state index contributed by atoms with van der Waals surface area (Å²) in [5, 5.41) is 3.47. The highest BCUT2D eigenvalue weighted by Crippen LogP contribution is 2.47. The number of fused-ring (bicyclic) bond motifs is 4. The SMILES string of the molecule is O=C(Cl)OC(C(F)(F)F)C(F)(F)F.O=C(OC(C(F)(F)F)C(F)(F)F)N1CCC(C(c2ccc3c(c2)OCO3)c2ccc3c(c2)OCO3)CC1.c1cc2c(cc1C(c1ccc3c(c1)OCO3)C1CCNCC1)OCO2. The lowest BCUT2D eigenvalue weighted by molar-refractivity contribution is -0.308. The van der Waals surface area contributed by atoms with Crippen molar-refractivity contribution in [2.45, 2.75) is 74.4 Å². The number of likely N-dealkylation sites (tertiary alicyclic amines) is 1. The van der Waals surface area contributed by atoms with Crippen molar-refractivity contribution in [3.63, 3.8) is 0 Å². The van der Waals surface area contributed by atoms with Gasteiger partial charge >= 0.3 is 36.2 Å². The quantitative estimate of drug-likeness (QED) is 0.132. The number of ether oxygens (including phenoxy) is 10. The fourth-order valence-corrected chi connectivity index (χ4v) is 9.49. The zero-order chi connectivity index (χ0) is 53.9. The average molecular weight is 1100 g/mol. The van der Waals surface area contributed by atoms with Crippen LogP contribution in [-0.2, 0) is 9.47 Å². The molecule has 10 rings (SSSR count). The number of nitrogens with zero attached hydrogens (tertiary/aromatic N) is 1. The topological polar surface area (TPSA) is 142 Å². The van der Waals surface area contributed by atoms with Gasteiger partial charge in [-0.05, 0) is 121 Å². The van der Waals surface area contributed by atoms with Crippen molar-refractivity contribution in [1.29, 1.82) is 0 Å². The second-order valence-electron chi connectivity index (χ2n) is 17.5. The Morgan fingerprint density at radius 3 is 1.05 bits per heavy atom. The molecule has 4 aromatic rings.